The SMILES string of the molecule is COC(=O)c1ccc(C=Cc2cnc[nH]2)cc1. The quantitative estimate of drug-likeness (QED) is 0.820. The second-order valence-electron chi connectivity index (χ2n) is 3.45. The van der Waals surface area contributed by atoms with Crippen LogP contribution in [0.2, 0.25) is 0 Å². The number of rotatable bonds is 3. The van der Waals surface area contributed by atoms with Gasteiger partial charge in [-0.05, 0) is 23.8 Å². The van der Waals surface area contributed by atoms with Crippen LogP contribution in [0.5, 0.6) is 0 Å². The zero-order valence-electron chi connectivity index (χ0n) is 9.38. The first-order chi connectivity index (χ1) is 8.29. The Labute approximate surface area is 99.0 Å². The molecule has 86 valence electrons. The van der Waals surface area contributed by atoms with Gasteiger partial charge in [0.05, 0.1) is 30.9 Å². The lowest BCUT2D eigenvalue weighted by atomic mass is 10.1. The zero-order chi connectivity index (χ0) is 12.1. The zero-order valence-corrected chi connectivity index (χ0v) is 9.38. The van der Waals surface area contributed by atoms with Crippen LogP contribution in [0.1, 0.15) is 21.6 Å². The number of carbonyl (C=O) groups is 1. The molecule has 0 saturated carbocycles. The van der Waals surface area contributed by atoms with Gasteiger partial charge in [0.15, 0.2) is 0 Å². The van der Waals surface area contributed by atoms with Gasteiger partial charge >= 0.3 is 5.97 Å². The highest BCUT2D eigenvalue weighted by atomic mass is 16.5. The van der Waals surface area contributed by atoms with Gasteiger partial charge in [0.25, 0.3) is 0 Å². The Bertz CT molecular complexity index is 513. The molecule has 0 fully saturated rings. The van der Waals surface area contributed by atoms with Crippen molar-refractivity contribution in [1.82, 2.24) is 9.97 Å². The number of imidazole rings is 1. The van der Waals surface area contributed by atoms with Crippen LogP contribution in [-0.2, 0) is 4.74 Å². The summed E-state index contributed by atoms with van der Waals surface area (Å²) in [6, 6.07) is 7.19. The summed E-state index contributed by atoms with van der Waals surface area (Å²) in [4.78, 5) is 18.1. The standard InChI is InChI=1S/C13H12N2O2/c1-17-13(16)11-5-2-10(3-6-11)4-7-12-8-14-9-15-12/h2-9H,1H3,(H,14,15). The number of nitrogens with zero attached hydrogens (tertiary/aromatic N) is 1. The molecule has 0 aliphatic heterocycles. The van der Waals surface area contributed by atoms with Crippen molar-refractivity contribution in [2.24, 2.45) is 0 Å². The Hall–Kier alpha value is -2.36. The molecule has 1 aromatic carbocycles. The van der Waals surface area contributed by atoms with Crippen molar-refractivity contribution in [1.29, 1.82) is 0 Å². The van der Waals surface area contributed by atoms with E-state index in [1.165, 1.54) is 7.11 Å². The van der Waals surface area contributed by atoms with Gasteiger partial charge in [-0.25, -0.2) is 9.78 Å². The van der Waals surface area contributed by atoms with E-state index in [1.54, 1.807) is 24.7 Å². The average molecular weight is 228 g/mol. The Balaban J connectivity index is 2.11. The van der Waals surface area contributed by atoms with E-state index in [9.17, 15) is 4.79 Å². The molecule has 0 atom stereocenters. The van der Waals surface area contributed by atoms with Crippen LogP contribution in [0.25, 0.3) is 12.2 Å². The fourth-order valence-electron chi connectivity index (χ4n) is 1.39. The summed E-state index contributed by atoms with van der Waals surface area (Å²) in [5.41, 5.74) is 2.49. The highest BCUT2D eigenvalue weighted by molar-refractivity contribution is 5.89. The summed E-state index contributed by atoms with van der Waals surface area (Å²) >= 11 is 0. The Morgan fingerprint density at radius 2 is 2.06 bits per heavy atom. The van der Waals surface area contributed by atoms with Crippen molar-refractivity contribution >= 4 is 18.1 Å². The number of nitrogens with one attached hydrogen (secondary N) is 1. The fraction of sp³-hybridized carbons (Fsp3) is 0.0769. The van der Waals surface area contributed by atoms with Gasteiger partial charge in [-0.15, -0.1) is 0 Å². The number of ether oxygens (including phenoxy) is 1. The van der Waals surface area contributed by atoms with Crippen molar-refractivity contribution < 1.29 is 9.53 Å². The number of hydrogen-bond donors (Lipinski definition) is 1. The smallest absolute Gasteiger partial charge is 0.337 e. The maximum atomic E-state index is 11.2. The first-order valence-electron chi connectivity index (χ1n) is 5.14. The number of methoxy groups -OCH3 is 1. The summed E-state index contributed by atoms with van der Waals surface area (Å²) in [7, 11) is 1.37. The molecule has 1 aromatic heterocycles. The molecule has 0 aliphatic carbocycles. The number of H-pyrrole nitrogens is 1. The summed E-state index contributed by atoms with van der Waals surface area (Å²) in [5, 5.41) is 0. The largest absolute Gasteiger partial charge is 0.465 e. The Morgan fingerprint density at radius 1 is 1.29 bits per heavy atom. The molecule has 4 heteroatoms. The van der Waals surface area contributed by atoms with Gasteiger partial charge in [0.2, 0.25) is 0 Å². The number of benzene rings is 1. The van der Waals surface area contributed by atoms with E-state index in [4.69, 9.17) is 0 Å². The second-order valence-corrected chi connectivity index (χ2v) is 3.45. The molecule has 2 rings (SSSR count). The molecule has 1 N–H and O–H groups in total. The van der Waals surface area contributed by atoms with E-state index in [0.29, 0.717) is 5.56 Å². The minimum atomic E-state index is -0.325. The van der Waals surface area contributed by atoms with Crippen LogP contribution in [0.15, 0.2) is 36.8 Å². The predicted molar refractivity (Wildman–Crippen MR) is 65.3 cm³/mol. The summed E-state index contributed by atoms with van der Waals surface area (Å²) < 4.78 is 4.62. The molecule has 1 heterocycles. The lowest BCUT2D eigenvalue weighted by Gasteiger charge is -1.99. The lowest BCUT2D eigenvalue weighted by Crippen LogP contribution is -2.00. The molecular formula is C13H12N2O2. The fourth-order valence-corrected chi connectivity index (χ4v) is 1.39. The molecule has 2 aromatic rings. The molecule has 17 heavy (non-hydrogen) atoms. The molecule has 0 aliphatic rings. The third kappa shape index (κ3) is 2.81. The van der Waals surface area contributed by atoms with E-state index in [2.05, 4.69) is 14.7 Å². The van der Waals surface area contributed by atoms with Crippen molar-refractivity contribution in [3.63, 3.8) is 0 Å². The normalized spacial score (nSPS) is 10.6. The minimum absolute atomic E-state index is 0.325. The molecule has 0 radical (unpaired) electrons. The number of aromatic nitrogens is 2. The van der Waals surface area contributed by atoms with Gasteiger partial charge in [-0.1, -0.05) is 18.2 Å². The van der Waals surface area contributed by atoms with Gasteiger partial charge < -0.3 is 9.72 Å². The van der Waals surface area contributed by atoms with Gasteiger partial charge in [0, 0.05) is 0 Å². The van der Waals surface area contributed by atoms with Gasteiger partial charge in [-0.2, -0.15) is 0 Å². The van der Waals surface area contributed by atoms with E-state index in [0.717, 1.165) is 11.3 Å². The minimum Gasteiger partial charge on any atom is -0.465 e. The summed E-state index contributed by atoms with van der Waals surface area (Å²) in [6.07, 6.45) is 7.22. The molecular weight excluding hydrogens is 216 g/mol. The first-order valence-corrected chi connectivity index (χ1v) is 5.14. The van der Waals surface area contributed by atoms with Crippen LogP contribution in [-0.4, -0.2) is 23.0 Å². The predicted octanol–water partition coefficient (Wildman–Crippen LogP) is 2.37. The van der Waals surface area contributed by atoms with Crippen molar-refractivity contribution in [2.75, 3.05) is 7.11 Å². The third-order valence-electron chi connectivity index (χ3n) is 2.31. The van der Waals surface area contributed by atoms with Gasteiger partial charge in [0.1, 0.15) is 0 Å². The van der Waals surface area contributed by atoms with E-state index in [1.807, 2.05) is 24.3 Å². The lowest BCUT2D eigenvalue weighted by molar-refractivity contribution is 0.0601. The number of aromatic amines is 1. The monoisotopic (exact) mass is 228 g/mol. The van der Waals surface area contributed by atoms with Crippen LogP contribution in [0.4, 0.5) is 0 Å². The highest BCUT2D eigenvalue weighted by Crippen LogP contribution is 2.09. The summed E-state index contributed by atoms with van der Waals surface area (Å²) in [5.74, 6) is -0.325. The molecule has 0 unspecified atom stereocenters. The second kappa shape index (κ2) is 5.12. The van der Waals surface area contributed by atoms with E-state index < -0.39 is 0 Å². The van der Waals surface area contributed by atoms with Crippen molar-refractivity contribution in [3.8, 4) is 0 Å². The maximum Gasteiger partial charge on any atom is 0.337 e. The van der Waals surface area contributed by atoms with Gasteiger partial charge in [-0.3, -0.25) is 0 Å². The number of hydrogen-bond acceptors (Lipinski definition) is 3. The topological polar surface area (TPSA) is 55.0 Å². The van der Waals surface area contributed by atoms with Crippen LogP contribution in [0, 0.1) is 0 Å². The number of esters is 1. The Morgan fingerprint density at radius 3 is 2.65 bits per heavy atom. The average Bonchev–Trinajstić information content (AvgIpc) is 2.89. The third-order valence-corrected chi connectivity index (χ3v) is 2.31. The molecule has 0 spiro atoms. The highest BCUT2D eigenvalue weighted by Gasteiger charge is 2.02. The molecule has 0 amide bonds. The maximum absolute atomic E-state index is 11.2. The Kier molecular flexibility index (Phi) is 3.35. The van der Waals surface area contributed by atoms with Crippen molar-refractivity contribution in [3.05, 3.63) is 53.6 Å². The van der Waals surface area contributed by atoms with Crippen LogP contribution < -0.4 is 0 Å². The van der Waals surface area contributed by atoms with E-state index >= 15 is 0 Å². The van der Waals surface area contributed by atoms with E-state index in [-0.39, 0.29) is 5.97 Å². The summed E-state index contributed by atoms with van der Waals surface area (Å²) in [6.45, 7) is 0. The molecule has 0 bridgehead atoms. The van der Waals surface area contributed by atoms with Crippen LogP contribution >= 0.6 is 0 Å². The molecule has 0 saturated heterocycles. The van der Waals surface area contributed by atoms with Crippen LogP contribution in [0.3, 0.4) is 0 Å². The molecule has 4 nitrogen and oxygen atoms in total. The van der Waals surface area contributed by atoms with Crippen molar-refractivity contribution in [2.45, 2.75) is 0 Å². The first kappa shape index (κ1) is 11.1. The number of carbonyl (C=O) groups excluding carboxylic acids is 1.